The number of benzene rings is 1. The van der Waals surface area contributed by atoms with Gasteiger partial charge in [-0.2, -0.15) is 0 Å². The fourth-order valence-corrected chi connectivity index (χ4v) is 1.87. The Bertz CT molecular complexity index is 371. The van der Waals surface area contributed by atoms with E-state index in [9.17, 15) is 13.0 Å². The highest BCUT2D eigenvalue weighted by atomic mass is 32.2. The van der Waals surface area contributed by atoms with E-state index < -0.39 is 22.4 Å². The van der Waals surface area contributed by atoms with Gasteiger partial charge in [-0.05, 0) is 17.7 Å². The lowest BCUT2D eigenvalue weighted by Gasteiger charge is -2.04. The highest BCUT2D eigenvalue weighted by Crippen LogP contribution is 2.08. The summed E-state index contributed by atoms with van der Waals surface area (Å²) in [6.07, 6.45) is 0. The van der Waals surface area contributed by atoms with Gasteiger partial charge >= 0.3 is 0 Å². The van der Waals surface area contributed by atoms with Crippen LogP contribution in [-0.4, -0.2) is 22.3 Å². The Morgan fingerprint density at radius 1 is 1.31 bits per heavy atom. The summed E-state index contributed by atoms with van der Waals surface area (Å²) in [5.41, 5.74) is 0.682. The molecule has 0 spiro atoms. The number of hydrogen-bond donors (Lipinski definition) is 1. The standard InChI is InChI=1S/C11H15F2NOS/c1-2-16(15)6-5-14-8-9-3-4-10(12)11(13)7-9/h3-4,7,14H,2,5-6,8H2,1H3. The lowest BCUT2D eigenvalue weighted by Crippen LogP contribution is -2.20. The van der Waals surface area contributed by atoms with E-state index in [0.29, 0.717) is 30.2 Å². The largest absolute Gasteiger partial charge is 0.312 e. The van der Waals surface area contributed by atoms with Gasteiger partial charge < -0.3 is 5.32 Å². The smallest absolute Gasteiger partial charge is 0.159 e. The minimum absolute atomic E-state index is 0.456. The lowest BCUT2D eigenvalue weighted by molar-refractivity contribution is 0.506. The van der Waals surface area contributed by atoms with Crippen molar-refractivity contribution in [2.75, 3.05) is 18.1 Å². The molecule has 0 saturated carbocycles. The minimum atomic E-state index is -0.837. The molecule has 0 aliphatic carbocycles. The molecule has 90 valence electrons. The molecule has 0 aliphatic rings. The Hall–Kier alpha value is -0.810. The molecular weight excluding hydrogens is 232 g/mol. The quantitative estimate of drug-likeness (QED) is 0.777. The summed E-state index contributed by atoms with van der Waals surface area (Å²) in [5, 5.41) is 3.03. The zero-order valence-corrected chi connectivity index (χ0v) is 9.95. The van der Waals surface area contributed by atoms with Crippen LogP contribution in [0.5, 0.6) is 0 Å². The second-order valence-corrected chi connectivity index (χ2v) is 5.22. The fourth-order valence-electron chi connectivity index (χ4n) is 1.21. The Morgan fingerprint density at radius 3 is 2.69 bits per heavy atom. The van der Waals surface area contributed by atoms with Crippen molar-refractivity contribution in [1.82, 2.24) is 5.32 Å². The molecule has 1 atom stereocenters. The van der Waals surface area contributed by atoms with Crippen molar-refractivity contribution in [1.29, 1.82) is 0 Å². The van der Waals surface area contributed by atoms with Crippen LogP contribution in [0.2, 0.25) is 0 Å². The van der Waals surface area contributed by atoms with Crippen LogP contribution in [0.3, 0.4) is 0 Å². The van der Waals surface area contributed by atoms with E-state index in [1.807, 2.05) is 6.92 Å². The molecular formula is C11H15F2NOS. The number of halogens is 2. The minimum Gasteiger partial charge on any atom is -0.312 e. The van der Waals surface area contributed by atoms with Gasteiger partial charge in [0, 0.05) is 35.4 Å². The third-order valence-electron chi connectivity index (χ3n) is 2.14. The monoisotopic (exact) mass is 247 g/mol. The first-order valence-corrected chi connectivity index (χ1v) is 6.62. The summed E-state index contributed by atoms with van der Waals surface area (Å²) in [7, 11) is -0.789. The third-order valence-corrected chi connectivity index (χ3v) is 3.45. The highest BCUT2D eigenvalue weighted by molar-refractivity contribution is 7.84. The Morgan fingerprint density at radius 2 is 2.06 bits per heavy atom. The maximum absolute atomic E-state index is 12.8. The summed E-state index contributed by atoms with van der Waals surface area (Å²) in [6, 6.07) is 3.80. The average Bonchev–Trinajstić information content (AvgIpc) is 2.28. The molecule has 0 amide bonds. The van der Waals surface area contributed by atoms with Gasteiger partial charge in [0.15, 0.2) is 11.6 Å². The van der Waals surface area contributed by atoms with Crippen molar-refractivity contribution in [2.45, 2.75) is 13.5 Å². The van der Waals surface area contributed by atoms with Crippen LogP contribution < -0.4 is 5.32 Å². The molecule has 1 unspecified atom stereocenters. The van der Waals surface area contributed by atoms with Crippen LogP contribution in [0.1, 0.15) is 12.5 Å². The van der Waals surface area contributed by atoms with Crippen LogP contribution in [0.25, 0.3) is 0 Å². The van der Waals surface area contributed by atoms with Crippen molar-refractivity contribution < 1.29 is 13.0 Å². The van der Waals surface area contributed by atoms with E-state index in [1.165, 1.54) is 12.1 Å². The molecule has 1 aromatic rings. The molecule has 16 heavy (non-hydrogen) atoms. The average molecular weight is 247 g/mol. The molecule has 0 saturated heterocycles. The number of hydrogen-bond acceptors (Lipinski definition) is 2. The molecule has 0 heterocycles. The van der Waals surface area contributed by atoms with Crippen molar-refractivity contribution in [3.8, 4) is 0 Å². The number of rotatable bonds is 6. The summed E-state index contributed by atoms with van der Waals surface area (Å²) >= 11 is 0. The van der Waals surface area contributed by atoms with Crippen LogP contribution in [0.15, 0.2) is 18.2 Å². The van der Waals surface area contributed by atoms with E-state index in [2.05, 4.69) is 5.32 Å². The van der Waals surface area contributed by atoms with Gasteiger partial charge in [-0.3, -0.25) is 4.21 Å². The predicted octanol–water partition coefficient (Wildman–Crippen LogP) is 1.82. The Labute approximate surface area is 96.5 Å². The van der Waals surface area contributed by atoms with E-state index in [4.69, 9.17) is 0 Å². The van der Waals surface area contributed by atoms with Crippen LogP contribution in [0.4, 0.5) is 8.78 Å². The maximum atomic E-state index is 12.8. The summed E-state index contributed by atoms with van der Waals surface area (Å²) in [5.74, 6) is -0.445. The van der Waals surface area contributed by atoms with E-state index in [1.54, 1.807) is 0 Å². The first-order valence-electron chi connectivity index (χ1n) is 5.13. The van der Waals surface area contributed by atoms with Gasteiger partial charge in [-0.15, -0.1) is 0 Å². The first-order chi connectivity index (χ1) is 7.63. The Balaban J connectivity index is 2.32. The molecule has 0 aromatic heterocycles. The number of nitrogens with one attached hydrogen (secondary N) is 1. The van der Waals surface area contributed by atoms with Crippen molar-refractivity contribution >= 4 is 10.8 Å². The predicted molar refractivity (Wildman–Crippen MR) is 61.6 cm³/mol. The third kappa shape index (κ3) is 4.37. The van der Waals surface area contributed by atoms with Crippen molar-refractivity contribution in [2.24, 2.45) is 0 Å². The zero-order chi connectivity index (χ0) is 12.0. The second-order valence-electron chi connectivity index (χ2n) is 3.36. The zero-order valence-electron chi connectivity index (χ0n) is 9.13. The van der Waals surface area contributed by atoms with E-state index in [0.717, 1.165) is 6.07 Å². The molecule has 1 aromatic carbocycles. The Kier molecular flexibility index (Phi) is 5.55. The molecule has 0 fully saturated rings. The van der Waals surface area contributed by atoms with Gasteiger partial charge in [0.25, 0.3) is 0 Å². The molecule has 5 heteroatoms. The van der Waals surface area contributed by atoms with Crippen LogP contribution >= 0.6 is 0 Å². The SMILES string of the molecule is CCS(=O)CCNCc1ccc(F)c(F)c1. The summed E-state index contributed by atoms with van der Waals surface area (Å²) in [4.78, 5) is 0. The van der Waals surface area contributed by atoms with Gasteiger partial charge in [0.1, 0.15) is 0 Å². The van der Waals surface area contributed by atoms with Gasteiger partial charge in [-0.1, -0.05) is 13.0 Å². The van der Waals surface area contributed by atoms with Crippen LogP contribution in [0, 0.1) is 11.6 Å². The molecule has 1 N–H and O–H groups in total. The van der Waals surface area contributed by atoms with Crippen molar-refractivity contribution in [3.63, 3.8) is 0 Å². The molecule has 2 nitrogen and oxygen atoms in total. The second kappa shape index (κ2) is 6.70. The van der Waals surface area contributed by atoms with Crippen molar-refractivity contribution in [3.05, 3.63) is 35.4 Å². The summed E-state index contributed by atoms with van der Waals surface area (Å²) < 4.78 is 36.5. The maximum Gasteiger partial charge on any atom is 0.159 e. The molecule has 0 aliphatic heterocycles. The first kappa shape index (κ1) is 13.3. The van der Waals surface area contributed by atoms with Gasteiger partial charge in [0.05, 0.1) is 0 Å². The normalized spacial score (nSPS) is 12.7. The molecule has 1 rings (SSSR count). The fraction of sp³-hybridized carbons (Fsp3) is 0.455. The lowest BCUT2D eigenvalue weighted by atomic mass is 10.2. The summed E-state index contributed by atoms with van der Waals surface area (Å²) in [6.45, 7) is 2.93. The van der Waals surface area contributed by atoms with E-state index >= 15 is 0 Å². The topological polar surface area (TPSA) is 29.1 Å². The highest BCUT2D eigenvalue weighted by Gasteiger charge is 2.02. The van der Waals surface area contributed by atoms with E-state index in [-0.39, 0.29) is 0 Å². The molecule has 0 radical (unpaired) electrons. The molecule has 0 bridgehead atoms. The van der Waals surface area contributed by atoms with Gasteiger partial charge in [0.2, 0.25) is 0 Å². The van der Waals surface area contributed by atoms with Crippen LogP contribution in [-0.2, 0) is 17.3 Å². The van der Waals surface area contributed by atoms with Gasteiger partial charge in [-0.25, -0.2) is 8.78 Å².